The summed E-state index contributed by atoms with van der Waals surface area (Å²) in [4.78, 5) is 25.2. The topological polar surface area (TPSA) is 132 Å². The molecule has 0 radical (unpaired) electrons. The molecule has 27 heavy (non-hydrogen) atoms. The third-order valence-corrected chi connectivity index (χ3v) is 6.12. The van der Waals surface area contributed by atoms with Crippen LogP contribution in [0.5, 0.6) is 0 Å². The van der Waals surface area contributed by atoms with Crippen LogP contribution in [-0.4, -0.2) is 51.2 Å². The monoisotopic (exact) mass is 416 g/mol. The fraction of sp³-hybridized carbons (Fsp3) is 0.889. The Balaban J connectivity index is 0. The molecule has 0 aromatic heterocycles. The van der Waals surface area contributed by atoms with Gasteiger partial charge in [0.1, 0.15) is 26.6 Å². The molecule has 154 valence electrons. The van der Waals surface area contributed by atoms with Gasteiger partial charge in [0.15, 0.2) is 11.6 Å². The minimum Gasteiger partial charge on any atom is -0.747 e. The first-order chi connectivity index (χ1) is 11.9. The van der Waals surface area contributed by atoms with E-state index in [1.165, 1.54) is 6.92 Å². The SMILES string of the molecule is CCCCC(O)(CC)C(=O)CC(C(=O)C(O)(CC)CCCC)S(=O)(=O)[O-].[Na+]. The van der Waals surface area contributed by atoms with Crippen LogP contribution >= 0.6 is 0 Å². The van der Waals surface area contributed by atoms with E-state index in [-0.39, 0.29) is 55.2 Å². The van der Waals surface area contributed by atoms with E-state index >= 15 is 0 Å². The number of aliphatic hydroxyl groups is 2. The minimum absolute atomic E-state index is 0. The Hall–Kier alpha value is 0.170. The summed E-state index contributed by atoms with van der Waals surface area (Å²) in [7, 11) is -5.16. The Kier molecular flexibility index (Phi) is 13.8. The van der Waals surface area contributed by atoms with E-state index in [9.17, 15) is 32.8 Å². The van der Waals surface area contributed by atoms with E-state index < -0.39 is 44.6 Å². The molecule has 0 aliphatic carbocycles. The van der Waals surface area contributed by atoms with Crippen molar-refractivity contribution in [2.75, 3.05) is 0 Å². The van der Waals surface area contributed by atoms with Crippen molar-refractivity contribution in [2.45, 2.75) is 102 Å². The molecule has 0 rings (SSSR count). The molecule has 9 heteroatoms. The maximum Gasteiger partial charge on any atom is 1.00 e. The van der Waals surface area contributed by atoms with Crippen molar-refractivity contribution in [3.8, 4) is 0 Å². The van der Waals surface area contributed by atoms with Gasteiger partial charge in [0.2, 0.25) is 0 Å². The Morgan fingerprint density at radius 1 is 0.926 bits per heavy atom. The average molecular weight is 417 g/mol. The van der Waals surface area contributed by atoms with Gasteiger partial charge in [0.25, 0.3) is 0 Å². The summed E-state index contributed by atoms with van der Waals surface area (Å²) in [6.07, 6.45) is 1.67. The van der Waals surface area contributed by atoms with E-state index in [2.05, 4.69) is 0 Å². The summed E-state index contributed by atoms with van der Waals surface area (Å²) in [6, 6.07) is 0. The van der Waals surface area contributed by atoms with Gasteiger partial charge in [-0.25, -0.2) is 8.42 Å². The van der Waals surface area contributed by atoms with Gasteiger partial charge in [-0.1, -0.05) is 53.4 Å². The molecule has 3 atom stereocenters. The molecule has 0 aromatic carbocycles. The van der Waals surface area contributed by atoms with E-state index in [0.29, 0.717) is 19.3 Å². The van der Waals surface area contributed by atoms with Crippen LogP contribution in [0.4, 0.5) is 0 Å². The number of ketones is 2. The van der Waals surface area contributed by atoms with E-state index in [1.54, 1.807) is 6.92 Å². The summed E-state index contributed by atoms with van der Waals surface area (Å²) in [5, 5.41) is 18.9. The van der Waals surface area contributed by atoms with Gasteiger partial charge in [0, 0.05) is 6.42 Å². The first kappa shape index (κ1) is 29.4. The Morgan fingerprint density at radius 2 is 1.33 bits per heavy atom. The van der Waals surface area contributed by atoms with Gasteiger partial charge in [-0.3, -0.25) is 9.59 Å². The summed E-state index contributed by atoms with van der Waals surface area (Å²) in [5.41, 5.74) is -3.74. The average Bonchev–Trinajstić information content (AvgIpc) is 2.60. The molecule has 2 N–H and O–H groups in total. The summed E-state index contributed by atoms with van der Waals surface area (Å²) < 4.78 is 35.0. The van der Waals surface area contributed by atoms with Crippen molar-refractivity contribution in [1.29, 1.82) is 0 Å². The third kappa shape index (κ3) is 8.60. The molecular formula is C18H33NaO7S. The van der Waals surface area contributed by atoms with Crippen molar-refractivity contribution in [1.82, 2.24) is 0 Å². The van der Waals surface area contributed by atoms with Crippen molar-refractivity contribution < 1.29 is 62.3 Å². The molecule has 0 spiro atoms. The van der Waals surface area contributed by atoms with E-state index in [1.807, 2.05) is 13.8 Å². The van der Waals surface area contributed by atoms with Crippen molar-refractivity contribution in [2.24, 2.45) is 0 Å². The van der Waals surface area contributed by atoms with Crippen LogP contribution < -0.4 is 29.6 Å². The van der Waals surface area contributed by atoms with Crippen LogP contribution in [-0.2, 0) is 19.7 Å². The quantitative estimate of drug-likeness (QED) is 0.277. The van der Waals surface area contributed by atoms with Crippen LogP contribution in [0, 0.1) is 0 Å². The predicted octanol–water partition coefficient (Wildman–Crippen LogP) is -0.905. The van der Waals surface area contributed by atoms with Crippen LogP contribution in [0.25, 0.3) is 0 Å². The zero-order valence-electron chi connectivity index (χ0n) is 17.3. The molecule has 7 nitrogen and oxygen atoms in total. The number of Topliss-reactive ketones (excluding diaryl/α,β-unsaturated/α-hetero) is 2. The first-order valence-electron chi connectivity index (χ1n) is 9.38. The number of carbonyl (C=O) groups excluding carboxylic acids is 2. The molecule has 0 aromatic rings. The molecule has 0 amide bonds. The summed E-state index contributed by atoms with van der Waals surface area (Å²) in [6.45, 7) is 6.83. The standard InChI is InChI=1S/C18H34O7S.Na/c1-5-9-11-17(21,7-3)15(19)13-14(26(23,24)25)16(20)18(22,8-4)12-10-6-2;/h14,21-22H,5-13H2,1-4H3,(H,23,24,25);/q;+1/p-1. The van der Waals surface area contributed by atoms with Gasteiger partial charge in [-0.2, -0.15) is 0 Å². The van der Waals surface area contributed by atoms with E-state index in [4.69, 9.17) is 0 Å². The largest absolute Gasteiger partial charge is 1.00 e. The number of unbranched alkanes of at least 4 members (excludes halogenated alkanes) is 2. The number of hydrogen-bond acceptors (Lipinski definition) is 7. The number of rotatable bonds is 14. The fourth-order valence-corrected chi connectivity index (χ4v) is 3.75. The first-order valence-corrected chi connectivity index (χ1v) is 10.9. The second kappa shape index (κ2) is 12.7. The normalized spacial score (nSPS) is 17.3. The maximum absolute atomic E-state index is 12.7. The van der Waals surface area contributed by atoms with E-state index in [0.717, 1.165) is 6.42 Å². The zero-order chi connectivity index (χ0) is 20.6. The Bertz CT molecular complexity index is 578. The number of carbonyl (C=O) groups is 2. The van der Waals surface area contributed by atoms with Gasteiger partial charge in [-0.15, -0.1) is 0 Å². The molecule has 0 heterocycles. The van der Waals surface area contributed by atoms with Crippen LogP contribution in [0.1, 0.15) is 85.5 Å². The summed E-state index contributed by atoms with van der Waals surface area (Å²) >= 11 is 0. The molecular weight excluding hydrogens is 383 g/mol. The smallest absolute Gasteiger partial charge is 0.747 e. The summed E-state index contributed by atoms with van der Waals surface area (Å²) in [5.74, 6) is -1.99. The number of hydrogen-bond donors (Lipinski definition) is 2. The second-order valence-electron chi connectivity index (χ2n) is 6.95. The molecule has 0 bridgehead atoms. The molecule has 0 fully saturated rings. The molecule has 0 saturated heterocycles. The van der Waals surface area contributed by atoms with Gasteiger partial charge >= 0.3 is 29.6 Å². The molecule has 3 unspecified atom stereocenters. The third-order valence-electron chi connectivity index (χ3n) is 5.05. The Morgan fingerprint density at radius 3 is 1.67 bits per heavy atom. The fourth-order valence-electron chi connectivity index (χ4n) is 2.91. The molecule has 0 aliphatic heterocycles. The molecule has 0 saturated carbocycles. The van der Waals surface area contributed by atoms with Crippen molar-refractivity contribution >= 4 is 21.7 Å². The predicted molar refractivity (Wildman–Crippen MR) is 97.6 cm³/mol. The second-order valence-corrected chi connectivity index (χ2v) is 8.51. The van der Waals surface area contributed by atoms with Crippen LogP contribution in [0.3, 0.4) is 0 Å². The van der Waals surface area contributed by atoms with Gasteiger partial charge in [0.05, 0.1) is 0 Å². The van der Waals surface area contributed by atoms with Crippen molar-refractivity contribution in [3.63, 3.8) is 0 Å². The van der Waals surface area contributed by atoms with Crippen LogP contribution in [0.2, 0.25) is 0 Å². The van der Waals surface area contributed by atoms with Crippen molar-refractivity contribution in [3.05, 3.63) is 0 Å². The molecule has 0 aliphatic rings. The van der Waals surface area contributed by atoms with Gasteiger partial charge < -0.3 is 14.8 Å². The minimum atomic E-state index is -5.16. The van der Waals surface area contributed by atoms with Gasteiger partial charge in [-0.05, 0) is 25.7 Å². The Labute approximate surface area is 185 Å². The zero-order valence-corrected chi connectivity index (χ0v) is 20.1. The van der Waals surface area contributed by atoms with Crippen LogP contribution in [0.15, 0.2) is 0 Å². The maximum atomic E-state index is 12.7.